The van der Waals surface area contributed by atoms with Crippen LogP contribution in [0.2, 0.25) is 0 Å². The van der Waals surface area contributed by atoms with Crippen molar-refractivity contribution in [2.75, 3.05) is 26.7 Å². The number of aryl methyl sites for hydroxylation is 1. The molecule has 1 aliphatic heterocycles. The first kappa shape index (κ1) is 19.4. The van der Waals surface area contributed by atoms with Crippen molar-refractivity contribution >= 4 is 5.97 Å². The molecule has 2 heterocycles. The summed E-state index contributed by atoms with van der Waals surface area (Å²) in [6, 6.07) is 10.3. The highest BCUT2D eigenvalue weighted by Crippen LogP contribution is 2.51. The fraction of sp³-hybridized carbons (Fsp3) is 0.500. The van der Waals surface area contributed by atoms with Gasteiger partial charge in [0.1, 0.15) is 12.4 Å². The van der Waals surface area contributed by atoms with Crippen molar-refractivity contribution in [1.29, 1.82) is 0 Å². The van der Waals surface area contributed by atoms with E-state index in [4.69, 9.17) is 9.47 Å². The zero-order chi connectivity index (χ0) is 20.9. The molecule has 6 heteroatoms. The van der Waals surface area contributed by atoms with E-state index in [1.165, 1.54) is 11.1 Å². The van der Waals surface area contributed by atoms with Crippen LogP contribution in [0, 0.1) is 17.8 Å². The predicted octanol–water partition coefficient (Wildman–Crippen LogP) is 3.24. The van der Waals surface area contributed by atoms with Crippen LogP contribution in [0.4, 0.5) is 0 Å². The SMILES string of the molecule is COc1ccc(COc2ccc3c(c2)CC2(C3)CN(CC3(C(=O)O)CC3)C2)c(C)n1. The molecular weight excluding hydrogens is 380 g/mol. The highest BCUT2D eigenvalue weighted by Gasteiger charge is 2.55. The van der Waals surface area contributed by atoms with Gasteiger partial charge >= 0.3 is 5.97 Å². The summed E-state index contributed by atoms with van der Waals surface area (Å²) < 4.78 is 11.2. The maximum absolute atomic E-state index is 11.5. The van der Waals surface area contributed by atoms with Gasteiger partial charge in [0.15, 0.2) is 0 Å². The lowest BCUT2D eigenvalue weighted by atomic mass is 9.76. The van der Waals surface area contributed by atoms with E-state index < -0.39 is 11.4 Å². The van der Waals surface area contributed by atoms with Gasteiger partial charge in [-0.05, 0) is 61.9 Å². The lowest BCUT2D eigenvalue weighted by Crippen LogP contribution is -2.58. The number of carboxylic acid groups (broad SMARTS) is 1. The molecule has 1 aromatic heterocycles. The Labute approximate surface area is 176 Å². The first-order valence-electron chi connectivity index (χ1n) is 10.6. The number of carbonyl (C=O) groups is 1. The first-order chi connectivity index (χ1) is 14.4. The minimum absolute atomic E-state index is 0.284. The van der Waals surface area contributed by atoms with Crippen LogP contribution in [-0.4, -0.2) is 47.7 Å². The predicted molar refractivity (Wildman–Crippen MR) is 112 cm³/mol. The fourth-order valence-electron chi connectivity index (χ4n) is 5.15. The molecule has 0 unspecified atom stereocenters. The molecule has 2 aliphatic carbocycles. The summed E-state index contributed by atoms with van der Waals surface area (Å²) in [7, 11) is 1.62. The monoisotopic (exact) mass is 408 g/mol. The molecule has 1 saturated heterocycles. The lowest BCUT2D eigenvalue weighted by Gasteiger charge is -2.49. The molecule has 0 bridgehead atoms. The van der Waals surface area contributed by atoms with Crippen LogP contribution in [0.5, 0.6) is 11.6 Å². The number of methoxy groups -OCH3 is 1. The Balaban J connectivity index is 1.19. The highest BCUT2D eigenvalue weighted by molar-refractivity contribution is 5.78. The summed E-state index contributed by atoms with van der Waals surface area (Å²) in [6.07, 6.45) is 3.80. The summed E-state index contributed by atoms with van der Waals surface area (Å²) in [5, 5.41) is 9.43. The van der Waals surface area contributed by atoms with Gasteiger partial charge in [0.05, 0.1) is 12.5 Å². The number of aliphatic carboxylic acids is 1. The Hall–Kier alpha value is -2.60. The number of benzene rings is 1. The summed E-state index contributed by atoms with van der Waals surface area (Å²) in [6.45, 7) is 5.17. The number of hydrogen-bond acceptors (Lipinski definition) is 5. The third-order valence-electron chi connectivity index (χ3n) is 7.03. The lowest BCUT2D eigenvalue weighted by molar-refractivity contribution is -0.145. The summed E-state index contributed by atoms with van der Waals surface area (Å²) >= 11 is 0. The van der Waals surface area contributed by atoms with Gasteiger partial charge in [-0.1, -0.05) is 6.07 Å². The molecule has 1 N–H and O–H groups in total. The van der Waals surface area contributed by atoms with Crippen LogP contribution in [0.25, 0.3) is 0 Å². The molecule has 2 aromatic rings. The number of likely N-dealkylation sites (tertiary alicyclic amines) is 1. The van der Waals surface area contributed by atoms with E-state index >= 15 is 0 Å². The molecule has 0 amide bonds. The molecule has 3 aliphatic rings. The van der Waals surface area contributed by atoms with E-state index in [0.717, 1.165) is 55.8 Å². The molecule has 6 nitrogen and oxygen atoms in total. The van der Waals surface area contributed by atoms with Crippen molar-refractivity contribution in [2.24, 2.45) is 10.8 Å². The number of rotatable bonds is 7. The Morgan fingerprint density at radius 3 is 2.60 bits per heavy atom. The van der Waals surface area contributed by atoms with Crippen LogP contribution >= 0.6 is 0 Å². The maximum atomic E-state index is 11.5. The Morgan fingerprint density at radius 2 is 1.93 bits per heavy atom. The molecule has 158 valence electrons. The second-order valence-corrected chi connectivity index (χ2v) is 9.40. The standard InChI is InChI=1S/C24H28N2O4/c1-16-18(4-6-21(25-16)29-2)12-30-20-5-3-17-10-23(11-19(17)9-20)13-26(14-23)15-24(7-8-24)22(27)28/h3-6,9H,7-8,10-15H2,1-2H3,(H,27,28). The van der Waals surface area contributed by atoms with E-state index in [1.807, 2.05) is 19.1 Å². The third-order valence-corrected chi connectivity index (χ3v) is 7.03. The van der Waals surface area contributed by atoms with Crippen LogP contribution in [0.3, 0.4) is 0 Å². The maximum Gasteiger partial charge on any atom is 0.310 e. The zero-order valence-electron chi connectivity index (χ0n) is 17.6. The topological polar surface area (TPSA) is 71.9 Å². The van der Waals surface area contributed by atoms with Crippen molar-refractivity contribution in [3.8, 4) is 11.6 Å². The van der Waals surface area contributed by atoms with Crippen molar-refractivity contribution in [1.82, 2.24) is 9.88 Å². The van der Waals surface area contributed by atoms with Gasteiger partial charge in [-0.2, -0.15) is 0 Å². The Morgan fingerprint density at radius 1 is 1.17 bits per heavy atom. The Bertz CT molecular complexity index is 993. The molecule has 0 atom stereocenters. The van der Waals surface area contributed by atoms with Gasteiger partial charge in [0.25, 0.3) is 0 Å². The van der Waals surface area contributed by atoms with Gasteiger partial charge in [-0.25, -0.2) is 4.98 Å². The second kappa shape index (κ2) is 6.98. The van der Waals surface area contributed by atoms with E-state index in [-0.39, 0.29) is 5.41 Å². The normalized spacial score (nSPS) is 20.5. The molecule has 1 spiro atoms. The molecule has 1 aromatic carbocycles. The first-order valence-corrected chi connectivity index (χ1v) is 10.6. The fourth-order valence-corrected chi connectivity index (χ4v) is 5.15. The smallest absolute Gasteiger partial charge is 0.310 e. The molecule has 30 heavy (non-hydrogen) atoms. The van der Waals surface area contributed by atoms with Crippen molar-refractivity contribution in [3.63, 3.8) is 0 Å². The van der Waals surface area contributed by atoms with E-state index in [0.29, 0.717) is 19.0 Å². The van der Waals surface area contributed by atoms with Crippen molar-refractivity contribution < 1.29 is 19.4 Å². The average Bonchev–Trinajstić information content (AvgIpc) is 3.39. The average molecular weight is 408 g/mol. The summed E-state index contributed by atoms with van der Waals surface area (Å²) in [4.78, 5) is 18.2. The number of fused-ring (bicyclic) bond motifs is 1. The van der Waals surface area contributed by atoms with Crippen LogP contribution < -0.4 is 9.47 Å². The number of pyridine rings is 1. The van der Waals surface area contributed by atoms with Gasteiger partial charge < -0.3 is 19.5 Å². The number of ether oxygens (including phenoxy) is 2. The van der Waals surface area contributed by atoms with E-state index in [2.05, 4.69) is 28.1 Å². The molecule has 1 saturated carbocycles. The molecule has 2 fully saturated rings. The number of aromatic nitrogens is 1. The van der Waals surface area contributed by atoms with E-state index in [9.17, 15) is 9.90 Å². The van der Waals surface area contributed by atoms with Crippen LogP contribution in [-0.2, 0) is 24.2 Å². The van der Waals surface area contributed by atoms with Crippen LogP contribution in [0.15, 0.2) is 30.3 Å². The quantitative estimate of drug-likeness (QED) is 0.758. The largest absolute Gasteiger partial charge is 0.489 e. The molecule has 5 rings (SSSR count). The van der Waals surface area contributed by atoms with Crippen molar-refractivity contribution in [2.45, 2.75) is 39.2 Å². The number of carboxylic acids is 1. The number of nitrogens with zero attached hydrogens (tertiary/aromatic N) is 2. The Kier molecular flexibility index (Phi) is 4.51. The highest BCUT2D eigenvalue weighted by atomic mass is 16.5. The van der Waals surface area contributed by atoms with Gasteiger partial charge in [-0.15, -0.1) is 0 Å². The zero-order valence-corrected chi connectivity index (χ0v) is 17.6. The van der Waals surface area contributed by atoms with Gasteiger partial charge in [-0.3, -0.25) is 4.79 Å². The second-order valence-electron chi connectivity index (χ2n) is 9.40. The van der Waals surface area contributed by atoms with Gasteiger partial charge in [0.2, 0.25) is 5.88 Å². The number of hydrogen-bond donors (Lipinski definition) is 1. The summed E-state index contributed by atoms with van der Waals surface area (Å²) in [5.74, 6) is 0.881. The van der Waals surface area contributed by atoms with Gasteiger partial charge in [0, 0.05) is 42.4 Å². The minimum Gasteiger partial charge on any atom is -0.489 e. The van der Waals surface area contributed by atoms with Crippen LogP contribution in [0.1, 0.15) is 35.2 Å². The molecular formula is C24H28N2O4. The van der Waals surface area contributed by atoms with E-state index in [1.54, 1.807) is 7.11 Å². The third kappa shape index (κ3) is 3.43. The molecule has 0 radical (unpaired) electrons. The van der Waals surface area contributed by atoms with Crippen molar-refractivity contribution in [3.05, 3.63) is 52.7 Å². The minimum atomic E-state index is -0.623. The summed E-state index contributed by atoms with van der Waals surface area (Å²) in [5.41, 5.74) is 4.57.